The Hall–Kier alpha value is -1.63. The number of anilines is 2. The molecule has 1 fully saturated rings. The van der Waals surface area contributed by atoms with Gasteiger partial charge in [-0.05, 0) is 28.1 Å². The first-order chi connectivity index (χ1) is 8.93. The number of ether oxygens (including phenoxy) is 1. The van der Waals surface area contributed by atoms with Crippen LogP contribution in [0.1, 0.15) is 6.42 Å². The zero-order chi connectivity index (χ0) is 14.2. The zero-order valence-electron chi connectivity index (χ0n) is 10.2. The number of halogens is 2. The van der Waals surface area contributed by atoms with Gasteiger partial charge in [-0.3, -0.25) is 9.59 Å². The van der Waals surface area contributed by atoms with E-state index in [-0.39, 0.29) is 30.2 Å². The highest BCUT2D eigenvalue weighted by Crippen LogP contribution is 2.35. The van der Waals surface area contributed by atoms with Crippen molar-refractivity contribution in [2.24, 2.45) is 5.92 Å². The third-order valence-corrected chi connectivity index (χ3v) is 3.68. The number of esters is 1. The van der Waals surface area contributed by atoms with Gasteiger partial charge in [0.05, 0.1) is 24.4 Å². The monoisotopic (exact) mass is 330 g/mol. The number of hydrogen-bond donors (Lipinski definition) is 1. The number of nitrogens with two attached hydrogens (primary N) is 1. The second-order valence-corrected chi connectivity index (χ2v) is 5.10. The van der Waals surface area contributed by atoms with Crippen molar-refractivity contribution >= 4 is 39.2 Å². The summed E-state index contributed by atoms with van der Waals surface area (Å²) < 4.78 is 18.4. The fourth-order valence-electron chi connectivity index (χ4n) is 2.06. The molecule has 1 aliphatic rings. The van der Waals surface area contributed by atoms with Crippen LogP contribution in [-0.4, -0.2) is 25.5 Å². The number of nitrogen functional groups attached to an aromatic ring is 1. The molecule has 102 valence electrons. The van der Waals surface area contributed by atoms with Crippen molar-refractivity contribution in [2.45, 2.75) is 6.42 Å². The van der Waals surface area contributed by atoms with Crippen LogP contribution in [0.5, 0.6) is 0 Å². The molecule has 5 nitrogen and oxygen atoms in total. The summed E-state index contributed by atoms with van der Waals surface area (Å²) in [7, 11) is 1.27. The maximum atomic E-state index is 13.4. The first kappa shape index (κ1) is 13.8. The molecule has 19 heavy (non-hydrogen) atoms. The van der Waals surface area contributed by atoms with E-state index in [0.29, 0.717) is 4.47 Å². The van der Waals surface area contributed by atoms with Gasteiger partial charge in [0.2, 0.25) is 5.91 Å². The molecule has 1 heterocycles. The molecule has 0 saturated carbocycles. The second kappa shape index (κ2) is 5.16. The summed E-state index contributed by atoms with van der Waals surface area (Å²) in [6, 6.07) is 2.40. The molecule has 1 aromatic rings. The Kier molecular flexibility index (Phi) is 3.75. The van der Waals surface area contributed by atoms with Gasteiger partial charge in [0, 0.05) is 17.4 Å². The number of carbonyl (C=O) groups is 2. The molecule has 0 spiro atoms. The topological polar surface area (TPSA) is 72.6 Å². The van der Waals surface area contributed by atoms with E-state index in [1.807, 2.05) is 0 Å². The number of nitrogens with zero attached hydrogens (tertiary/aromatic N) is 1. The summed E-state index contributed by atoms with van der Waals surface area (Å²) in [5.74, 6) is -1.78. The summed E-state index contributed by atoms with van der Waals surface area (Å²) in [6.07, 6.45) is 0.0419. The van der Waals surface area contributed by atoms with Crippen LogP contribution >= 0.6 is 15.9 Å². The highest BCUT2D eigenvalue weighted by molar-refractivity contribution is 9.10. The number of methoxy groups -OCH3 is 1. The molecule has 2 N–H and O–H groups in total. The molecule has 1 aliphatic heterocycles. The zero-order valence-corrected chi connectivity index (χ0v) is 11.7. The molecule has 0 radical (unpaired) electrons. The van der Waals surface area contributed by atoms with Crippen molar-refractivity contribution in [2.75, 3.05) is 24.3 Å². The average molecular weight is 331 g/mol. The maximum Gasteiger partial charge on any atom is 0.311 e. The lowest BCUT2D eigenvalue weighted by atomic mass is 10.1. The molecule has 7 heteroatoms. The fraction of sp³-hybridized carbons (Fsp3) is 0.333. The first-order valence-corrected chi connectivity index (χ1v) is 6.36. The van der Waals surface area contributed by atoms with Crippen LogP contribution in [0.25, 0.3) is 0 Å². The van der Waals surface area contributed by atoms with Gasteiger partial charge in [-0.15, -0.1) is 0 Å². The van der Waals surface area contributed by atoms with Crippen LogP contribution in [-0.2, 0) is 14.3 Å². The lowest BCUT2D eigenvalue weighted by molar-refractivity contribution is -0.145. The number of amides is 1. The van der Waals surface area contributed by atoms with Crippen molar-refractivity contribution in [3.8, 4) is 0 Å². The van der Waals surface area contributed by atoms with Gasteiger partial charge in [-0.25, -0.2) is 4.39 Å². The first-order valence-electron chi connectivity index (χ1n) is 5.56. The molecule has 2 rings (SSSR count). The van der Waals surface area contributed by atoms with Crippen LogP contribution in [0.3, 0.4) is 0 Å². The van der Waals surface area contributed by atoms with Gasteiger partial charge < -0.3 is 15.4 Å². The molecule has 0 aliphatic carbocycles. The van der Waals surface area contributed by atoms with E-state index in [1.54, 1.807) is 0 Å². The minimum Gasteiger partial charge on any atom is -0.469 e. The van der Waals surface area contributed by atoms with Crippen molar-refractivity contribution in [1.82, 2.24) is 0 Å². The summed E-state index contributed by atoms with van der Waals surface area (Å²) in [6.45, 7) is 0.144. The quantitative estimate of drug-likeness (QED) is 0.661. The SMILES string of the molecule is COC(=O)C1CC(=O)N(c2cc(F)cc(Br)c2N)C1. The molecule has 1 unspecified atom stereocenters. The van der Waals surface area contributed by atoms with E-state index >= 15 is 0 Å². The largest absolute Gasteiger partial charge is 0.469 e. The maximum absolute atomic E-state index is 13.4. The van der Waals surface area contributed by atoms with Crippen molar-refractivity contribution in [3.63, 3.8) is 0 Å². The lowest BCUT2D eigenvalue weighted by Gasteiger charge is -2.19. The van der Waals surface area contributed by atoms with Crippen molar-refractivity contribution < 1.29 is 18.7 Å². The number of carbonyl (C=O) groups excluding carboxylic acids is 2. The third-order valence-electron chi connectivity index (χ3n) is 3.02. The highest BCUT2D eigenvalue weighted by Gasteiger charge is 2.36. The fourth-order valence-corrected chi connectivity index (χ4v) is 2.48. The van der Waals surface area contributed by atoms with Crippen molar-refractivity contribution in [1.29, 1.82) is 0 Å². The number of rotatable bonds is 2. The molecule has 1 amide bonds. The van der Waals surface area contributed by atoms with E-state index in [0.717, 1.165) is 0 Å². The molecule has 1 aromatic carbocycles. The van der Waals surface area contributed by atoms with Gasteiger partial charge in [0.15, 0.2) is 0 Å². The molecule has 1 atom stereocenters. The molecular formula is C12H12BrFN2O3. The van der Waals surface area contributed by atoms with E-state index < -0.39 is 17.7 Å². The average Bonchev–Trinajstić information content (AvgIpc) is 2.75. The smallest absolute Gasteiger partial charge is 0.311 e. The van der Waals surface area contributed by atoms with Gasteiger partial charge in [0.25, 0.3) is 0 Å². The Morgan fingerprint density at radius 2 is 2.26 bits per heavy atom. The predicted octanol–water partition coefficient (Wildman–Crippen LogP) is 1.70. The van der Waals surface area contributed by atoms with Crippen molar-refractivity contribution in [3.05, 3.63) is 22.4 Å². The molecule has 1 saturated heterocycles. The minimum atomic E-state index is -0.543. The van der Waals surface area contributed by atoms with Gasteiger partial charge in [0.1, 0.15) is 5.82 Å². The van der Waals surface area contributed by atoms with Gasteiger partial charge in [-0.1, -0.05) is 0 Å². The molecule has 0 bridgehead atoms. The Bertz CT molecular complexity index is 550. The summed E-state index contributed by atoms with van der Waals surface area (Å²) >= 11 is 3.13. The second-order valence-electron chi connectivity index (χ2n) is 4.25. The predicted molar refractivity (Wildman–Crippen MR) is 71.0 cm³/mol. The summed E-state index contributed by atoms with van der Waals surface area (Å²) in [5, 5.41) is 0. The Morgan fingerprint density at radius 1 is 1.58 bits per heavy atom. The summed E-state index contributed by atoms with van der Waals surface area (Å²) in [5.41, 5.74) is 6.36. The summed E-state index contributed by atoms with van der Waals surface area (Å²) in [4.78, 5) is 24.7. The van der Waals surface area contributed by atoms with E-state index in [2.05, 4.69) is 20.7 Å². The Balaban J connectivity index is 2.33. The van der Waals surface area contributed by atoms with Crippen LogP contribution in [0, 0.1) is 11.7 Å². The van der Waals surface area contributed by atoms with Gasteiger partial charge in [-0.2, -0.15) is 0 Å². The van der Waals surface area contributed by atoms with Crippen LogP contribution in [0.15, 0.2) is 16.6 Å². The van der Waals surface area contributed by atoms with E-state index in [9.17, 15) is 14.0 Å². The van der Waals surface area contributed by atoms with E-state index in [4.69, 9.17) is 5.73 Å². The van der Waals surface area contributed by atoms with Crippen LogP contribution in [0.4, 0.5) is 15.8 Å². The van der Waals surface area contributed by atoms with E-state index in [1.165, 1.54) is 24.1 Å². The number of hydrogen-bond acceptors (Lipinski definition) is 4. The molecule has 0 aromatic heterocycles. The third kappa shape index (κ3) is 2.56. The van der Waals surface area contributed by atoms with Crippen LogP contribution < -0.4 is 10.6 Å². The minimum absolute atomic E-state index is 0.0419. The van der Waals surface area contributed by atoms with Gasteiger partial charge >= 0.3 is 5.97 Å². The standard InChI is InChI=1S/C12H12BrFN2O3/c1-19-12(18)6-2-10(17)16(5-6)9-4-7(14)3-8(13)11(9)15/h3-4,6H,2,5,15H2,1H3. The molecular weight excluding hydrogens is 319 g/mol. The lowest BCUT2D eigenvalue weighted by Crippen LogP contribution is -2.27. The normalized spacial score (nSPS) is 18.8. The Labute approximate surface area is 117 Å². The van der Waals surface area contributed by atoms with Crippen LogP contribution in [0.2, 0.25) is 0 Å². The highest BCUT2D eigenvalue weighted by atomic mass is 79.9. The number of benzene rings is 1. The Morgan fingerprint density at radius 3 is 2.89 bits per heavy atom.